The van der Waals surface area contributed by atoms with Crippen molar-refractivity contribution >= 4 is 21.7 Å². The van der Waals surface area contributed by atoms with Crippen molar-refractivity contribution in [1.29, 1.82) is 0 Å². The fraction of sp³-hybridized carbons (Fsp3) is 0.909. The molecule has 0 aromatic rings. The van der Waals surface area contributed by atoms with Crippen molar-refractivity contribution in [3.63, 3.8) is 0 Å². The Hall–Kier alpha value is 0.0700. The molecule has 4 heteroatoms. The van der Waals surface area contributed by atoms with E-state index in [-0.39, 0.29) is 17.0 Å². The molecule has 1 heterocycles. The number of nitrogens with two attached hydrogens (primary N) is 1. The number of nitrogens with zero attached hydrogens (tertiary/aromatic N) is 1. The number of piperidine rings is 1. The van der Waals surface area contributed by atoms with Crippen molar-refractivity contribution in [2.24, 2.45) is 11.8 Å². The highest BCUT2D eigenvalue weighted by Crippen LogP contribution is 2.39. The van der Waals surface area contributed by atoms with E-state index < -0.39 is 0 Å². The zero-order valence-corrected chi connectivity index (χ0v) is 11.6. The van der Waals surface area contributed by atoms with Crippen LogP contribution >= 0.6 is 15.9 Å². The zero-order valence-electron chi connectivity index (χ0n) is 10.0. The van der Waals surface area contributed by atoms with E-state index in [2.05, 4.69) is 43.6 Å². The first-order valence-corrected chi connectivity index (χ1v) is 6.46. The molecule has 0 aromatic heterocycles. The van der Waals surface area contributed by atoms with Gasteiger partial charge >= 0.3 is 0 Å². The number of rotatable bonds is 2. The predicted molar refractivity (Wildman–Crippen MR) is 65.7 cm³/mol. The molecule has 1 saturated heterocycles. The number of Topliss-reactive ketones (excluding diaryl/α,β-unsaturated/α-hetero) is 1. The molecule has 1 fully saturated rings. The average Bonchev–Trinajstić information content (AvgIpc) is 2.11. The Bertz CT molecular complexity index is 245. The summed E-state index contributed by atoms with van der Waals surface area (Å²) >= 11 is 3.25. The summed E-state index contributed by atoms with van der Waals surface area (Å²) in [5, 5.41) is 2.35. The van der Waals surface area contributed by atoms with E-state index >= 15 is 0 Å². The Morgan fingerprint density at radius 2 is 1.73 bits per heavy atom. The van der Waals surface area contributed by atoms with Gasteiger partial charge in [0.25, 0.3) is 0 Å². The largest absolute Gasteiger partial charge is 0.298 e. The second-order valence-electron chi connectivity index (χ2n) is 5.70. The van der Waals surface area contributed by atoms with Gasteiger partial charge in [0.2, 0.25) is 0 Å². The van der Waals surface area contributed by atoms with Crippen molar-refractivity contribution < 1.29 is 4.79 Å². The van der Waals surface area contributed by atoms with E-state index in [4.69, 9.17) is 5.84 Å². The van der Waals surface area contributed by atoms with Gasteiger partial charge in [-0.1, -0.05) is 15.9 Å². The van der Waals surface area contributed by atoms with E-state index in [1.165, 1.54) is 0 Å². The lowest BCUT2D eigenvalue weighted by atomic mass is 9.74. The SMILES string of the molecule is CC1(C)CC(C(=O)CBr)CC(C)(C)N1N. The summed E-state index contributed by atoms with van der Waals surface area (Å²) in [6.07, 6.45) is 1.69. The van der Waals surface area contributed by atoms with Gasteiger partial charge in [-0.3, -0.25) is 10.6 Å². The number of ketones is 1. The van der Waals surface area contributed by atoms with Gasteiger partial charge in [0.15, 0.2) is 0 Å². The molecule has 0 spiro atoms. The minimum atomic E-state index is -0.107. The molecule has 1 aliphatic heterocycles. The number of carbonyl (C=O) groups excluding carboxylic acids is 1. The van der Waals surface area contributed by atoms with Gasteiger partial charge in [-0.25, -0.2) is 5.01 Å². The quantitative estimate of drug-likeness (QED) is 0.621. The molecule has 0 saturated carbocycles. The normalized spacial score (nSPS) is 26.5. The maximum atomic E-state index is 11.7. The van der Waals surface area contributed by atoms with Crippen molar-refractivity contribution in [2.75, 3.05) is 5.33 Å². The highest BCUT2D eigenvalue weighted by atomic mass is 79.9. The maximum Gasteiger partial charge on any atom is 0.146 e. The highest BCUT2D eigenvalue weighted by Gasteiger charge is 2.45. The van der Waals surface area contributed by atoms with E-state index in [9.17, 15) is 4.79 Å². The molecule has 0 atom stereocenters. The van der Waals surface area contributed by atoms with Crippen LogP contribution in [0.3, 0.4) is 0 Å². The van der Waals surface area contributed by atoms with Gasteiger partial charge in [0.1, 0.15) is 5.78 Å². The molecule has 0 aromatic carbocycles. The summed E-state index contributed by atoms with van der Waals surface area (Å²) < 4.78 is 0. The second kappa shape index (κ2) is 4.15. The molecule has 0 radical (unpaired) electrons. The molecule has 3 nitrogen and oxygen atoms in total. The van der Waals surface area contributed by atoms with Crippen molar-refractivity contribution in [3.05, 3.63) is 0 Å². The Kier molecular flexibility index (Phi) is 3.63. The van der Waals surface area contributed by atoms with Gasteiger partial charge < -0.3 is 0 Å². The van der Waals surface area contributed by atoms with Gasteiger partial charge in [-0.15, -0.1) is 0 Å². The summed E-state index contributed by atoms with van der Waals surface area (Å²) in [5.41, 5.74) is -0.214. The van der Waals surface area contributed by atoms with Crippen LogP contribution in [0.1, 0.15) is 40.5 Å². The van der Waals surface area contributed by atoms with Crippen LogP contribution < -0.4 is 5.84 Å². The van der Waals surface area contributed by atoms with Crippen LogP contribution in [0.4, 0.5) is 0 Å². The summed E-state index contributed by atoms with van der Waals surface area (Å²) in [7, 11) is 0. The smallest absolute Gasteiger partial charge is 0.146 e. The third kappa shape index (κ3) is 2.60. The molecule has 1 aliphatic rings. The number of hydrogen-bond acceptors (Lipinski definition) is 3. The molecule has 88 valence electrons. The van der Waals surface area contributed by atoms with Crippen LogP contribution in [0, 0.1) is 5.92 Å². The zero-order chi connectivity index (χ0) is 11.9. The van der Waals surface area contributed by atoms with Crippen molar-refractivity contribution in [1.82, 2.24) is 5.01 Å². The molecule has 0 amide bonds. The molecule has 0 aliphatic carbocycles. The molecule has 0 unspecified atom stereocenters. The lowest BCUT2D eigenvalue weighted by Crippen LogP contribution is -2.64. The summed E-state index contributed by atoms with van der Waals surface area (Å²) in [4.78, 5) is 11.7. The summed E-state index contributed by atoms with van der Waals surface area (Å²) in [6.45, 7) is 8.40. The fourth-order valence-electron chi connectivity index (χ4n) is 2.63. The van der Waals surface area contributed by atoms with E-state index in [0.717, 1.165) is 12.8 Å². The molecule has 15 heavy (non-hydrogen) atoms. The van der Waals surface area contributed by atoms with Crippen molar-refractivity contribution in [2.45, 2.75) is 51.6 Å². The average molecular weight is 277 g/mol. The first-order valence-electron chi connectivity index (χ1n) is 5.34. The number of hydrogen-bond donors (Lipinski definition) is 1. The van der Waals surface area contributed by atoms with E-state index in [0.29, 0.717) is 11.1 Å². The minimum Gasteiger partial charge on any atom is -0.298 e. The molecule has 2 N–H and O–H groups in total. The lowest BCUT2D eigenvalue weighted by Gasteiger charge is -2.52. The Morgan fingerprint density at radius 3 is 2.07 bits per heavy atom. The maximum absolute atomic E-state index is 11.7. The third-order valence-corrected chi connectivity index (χ3v) is 3.94. The van der Waals surface area contributed by atoms with Crippen LogP contribution in [0.2, 0.25) is 0 Å². The lowest BCUT2D eigenvalue weighted by molar-refractivity contribution is -0.128. The number of hydrazine groups is 1. The summed E-state index contributed by atoms with van der Waals surface area (Å²) in [6, 6.07) is 0. The van der Waals surface area contributed by atoms with Crippen LogP contribution in [-0.4, -0.2) is 27.2 Å². The van der Waals surface area contributed by atoms with Crippen molar-refractivity contribution in [3.8, 4) is 0 Å². The molecule has 0 bridgehead atoms. The fourth-order valence-corrected chi connectivity index (χ4v) is 3.09. The minimum absolute atomic E-state index is 0.107. The second-order valence-corrected chi connectivity index (χ2v) is 6.26. The Balaban J connectivity index is 2.89. The molecular weight excluding hydrogens is 256 g/mol. The van der Waals surface area contributed by atoms with Crippen LogP contribution in [0.5, 0.6) is 0 Å². The van der Waals surface area contributed by atoms with Crippen LogP contribution in [-0.2, 0) is 4.79 Å². The number of alkyl halides is 1. The number of halogens is 1. The highest BCUT2D eigenvalue weighted by molar-refractivity contribution is 9.09. The standard InChI is InChI=1S/C11H21BrN2O/c1-10(2)5-8(9(15)7-12)6-11(3,4)14(10)13/h8H,5-7,13H2,1-4H3. The first-order chi connectivity index (χ1) is 6.70. The summed E-state index contributed by atoms with van der Waals surface area (Å²) in [5.74, 6) is 6.53. The first kappa shape index (κ1) is 13.1. The van der Waals surface area contributed by atoms with E-state index in [1.807, 2.05) is 5.01 Å². The van der Waals surface area contributed by atoms with Gasteiger partial charge in [-0.05, 0) is 40.5 Å². The van der Waals surface area contributed by atoms with Gasteiger partial charge in [0.05, 0.1) is 5.33 Å². The Labute approximate surface area is 100 Å². The Morgan fingerprint density at radius 1 is 1.33 bits per heavy atom. The predicted octanol–water partition coefficient (Wildman–Crippen LogP) is 2.09. The van der Waals surface area contributed by atoms with Crippen LogP contribution in [0.25, 0.3) is 0 Å². The third-order valence-electron chi connectivity index (χ3n) is 3.38. The van der Waals surface area contributed by atoms with Crippen LogP contribution in [0.15, 0.2) is 0 Å². The molecule has 1 rings (SSSR count). The van der Waals surface area contributed by atoms with E-state index in [1.54, 1.807) is 0 Å². The van der Waals surface area contributed by atoms with Gasteiger partial charge in [-0.2, -0.15) is 0 Å². The molecular formula is C11H21BrN2O. The monoisotopic (exact) mass is 276 g/mol. The topological polar surface area (TPSA) is 46.3 Å². The number of carbonyl (C=O) groups is 1. The van der Waals surface area contributed by atoms with Gasteiger partial charge in [0, 0.05) is 17.0 Å².